The number of nitrogens with one attached hydrogen (secondary N) is 2. The van der Waals surface area contributed by atoms with Gasteiger partial charge in [0, 0.05) is 71.5 Å². The van der Waals surface area contributed by atoms with Crippen LogP contribution in [0.15, 0.2) is 170 Å². The normalized spacial score (nSPS) is 12.0. The number of carbonyl (C=O) groups is 2. The van der Waals surface area contributed by atoms with Gasteiger partial charge < -0.3 is 30.3 Å². The first-order valence-electron chi connectivity index (χ1n) is 34.6. The Morgan fingerprint density at radius 2 is 0.776 bits per heavy atom. The summed E-state index contributed by atoms with van der Waals surface area (Å²) in [5, 5.41) is 30.8. The highest BCUT2D eigenvalue weighted by atomic mass is 35.5. The van der Waals surface area contributed by atoms with Gasteiger partial charge in [0.05, 0.1) is 18.3 Å². The first-order chi connectivity index (χ1) is 46.2. The van der Waals surface area contributed by atoms with Crippen molar-refractivity contribution < 1.29 is 29.3 Å². The third-order valence-corrected chi connectivity index (χ3v) is 16.8. The number of hydrogen-bond acceptors (Lipinski definition) is 6. The van der Waals surface area contributed by atoms with Gasteiger partial charge in [-0.3, -0.25) is 9.59 Å². The largest absolute Gasteiger partial charge is 0.388 e. The van der Waals surface area contributed by atoms with E-state index in [-0.39, 0.29) is 30.3 Å². The highest BCUT2D eigenvalue weighted by Gasteiger charge is 2.23. The Labute approximate surface area is 626 Å². The van der Waals surface area contributed by atoms with E-state index < -0.39 is 5.60 Å². The average Bonchev–Trinajstić information content (AvgIpc) is 0.857. The second-order valence-corrected chi connectivity index (χ2v) is 30.5. The van der Waals surface area contributed by atoms with Crippen molar-refractivity contribution in [3.05, 3.63) is 244 Å². The summed E-state index contributed by atoms with van der Waals surface area (Å²) in [4.78, 5) is 23.0. The maximum absolute atomic E-state index is 11.6. The van der Waals surface area contributed by atoms with Gasteiger partial charge >= 0.3 is 0 Å². The average molecular weight is 1490 g/mol. The quantitative estimate of drug-likeness (QED) is 0.0381. The van der Waals surface area contributed by atoms with E-state index in [4.69, 9.17) is 90.7 Å². The van der Waals surface area contributed by atoms with Crippen molar-refractivity contribution in [2.75, 3.05) is 20.3 Å². The SMILES string of the molecule is CC(C)CCC(C)(O)c1ccc(Cl)cc1.CC(C)CCC(O)c1ccc(Cl)cc1.CC(C)CCCc1ccc(Cl)cc1.CC(C)CCNC(=O)c1ccc(Cl)cc1.CC(C)CCc1ccc(Cl)cc1.CC(C)NC(=O)c1ccc(Cl)cc1.COC(OCCC(C)C)c1ccc(Cl)cc1. The van der Waals surface area contributed by atoms with Crippen LogP contribution in [0.5, 0.6) is 0 Å². The summed E-state index contributed by atoms with van der Waals surface area (Å²) in [7, 11) is 1.65. The lowest BCUT2D eigenvalue weighted by molar-refractivity contribution is -0.129. The number of benzene rings is 7. The van der Waals surface area contributed by atoms with Crippen molar-refractivity contribution in [2.24, 2.45) is 35.5 Å². The van der Waals surface area contributed by atoms with Crippen LogP contribution in [0, 0.1) is 35.5 Å². The number of amides is 2. The molecule has 0 aliphatic rings. The number of hydrogen-bond donors (Lipinski definition) is 4. The van der Waals surface area contributed by atoms with Gasteiger partial charge in [-0.25, -0.2) is 0 Å². The molecular weight excluding hydrogens is 1370 g/mol. The number of ether oxygens (including phenoxy) is 2. The maximum Gasteiger partial charge on any atom is 0.251 e. The second-order valence-electron chi connectivity index (χ2n) is 27.5. The maximum atomic E-state index is 11.6. The molecule has 0 spiro atoms. The van der Waals surface area contributed by atoms with Gasteiger partial charge in [0.1, 0.15) is 0 Å². The molecule has 7 aromatic rings. The van der Waals surface area contributed by atoms with Crippen LogP contribution in [0.2, 0.25) is 35.2 Å². The topological polar surface area (TPSA) is 117 Å². The van der Waals surface area contributed by atoms with E-state index in [1.165, 1.54) is 36.8 Å². The molecule has 7 rings (SSSR count). The first-order valence-corrected chi connectivity index (χ1v) is 37.2. The van der Waals surface area contributed by atoms with E-state index in [0.717, 1.165) is 95.1 Å². The van der Waals surface area contributed by atoms with Gasteiger partial charge in [0.2, 0.25) is 0 Å². The van der Waals surface area contributed by atoms with Gasteiger partial charge in [0.25, 0.3) is 11.8 Å². The molecule has 3 unspecified atom stereocenters. The van der Waals surface area contributed by atoms with Gasteiger partial charge in [-0.2, -0.15) is 0 Å². The van der Waals surface area contributed by atoms with Crippen LogP contribution < -0.4 is 10.6 Å². The van der Waals surface area contributed by atoms with Crippen molar-refractivity contribution in [3.63, 3.8) is 0 Å². The van der Waals surface area contributed by atoms with Crippen LogP contribution in [0.1, 0.15) is 223 Å². The summed E-state index contributed by atoms with van der Waals surface area (Å²) >= 11 is 40.4. The number of aliphatic hydroxyl groups is 2. The smallest absolute Gasteiger partial charge is 0.251 e. The highest BCUT2D eigenvalue weighted by Crippen LogP contribution is 2.29. The van der Waals surface area contributed by atoms with E-state index in [0.29, 0.717) is 61.5 Å². The minimum Gasteiger partial charge on any atom is -0.388 e. The molecular formula is C83H115Cl7N2O6. The number of aryl methyl sites for hydroxylation is 2. The molecule has 8 nitrogen and oxygen atoms in total. The van der Waals surface area contributed by atoms with Gasteiger partial charge in [0.15, 0.2) is 6.29 Å². The lowest BCUT2D eigenvalue weighted by Crippen LogP contribution is -2.29. The van der Waals surface area contributed by atoms with Crippen LogP contribution in [0.25, 0.3) is 0 Å². The fraction of sp³-hybridized carbons (Fsp3) is 0.470. The number of rotatable bonds is 27. The monoisotopic (exact) mass is 1480 g/mol. The Morgan fingerprint density at radius 1 is 0.418 bits per heavy atom. The molecule has 0 saturated heterocycles. The molecule has 0 heterocycles. The molecule has 0 saturated carbocycles. The summed E-state index contributed by atoms with van der Waals surface area (Å²) in [6, 6.07) is 52.5. The second kappa shape index (κ2) is 52.3. The fourth-order valence-electron chi connectivity index (χ4n) is 8.79. The zero-order chi connectivity index (χ0) is 73.8. The lowest BCUT2D eigenvalue weighted by Gasteiger charge is -2.24. The summed E-state index contributed by atoms with van der Waals surface area (Å²) in [5.74, 6) is 3.99. The molecule has 7 aromatic carbocycles. The van der Waals surface area contributed by atoms with Crippen molar-refractivity contribution in [2.45, 2.75) is 199 Å². The number of halogens is 7. The van der Waals surface area contributed by atoms with Crippen LogP contribution in [0.3, 0.4) is 0 Å². The Morgan fingerprint density at radius 3 is 1.16 bits per heavy atom. The fourth-order valence-corrected chi connectivity index (χ4v) is 9.68. The minimum atomic E-state index is -0.741. The summed E-state index contributed by atoms with van der Waals surface area (Å²) in [6.45, 7) is 33.4. The van der Waals surface area contributed by atoms with Crippen molar-refractivity contribution in [3.8, 4) is 0 Å². The molecule has 0 aliphatic heterocycles. The van der Waals surface area contributed by atoms with Gasteiger partial charge in [-0.1, -0.05) is 231 Å². The first kappa shape index (κ1) is 91.4. The predicted octanol–water partition coefficient (Wildman–Crippen LogP) is 25.7. The molecule has 0 radical (unpaired) electrons. The molecule has 0 fully saturated rings. The highest BCUT2D eigenvalue weighted by molar-refractivity contribution is 6.32. The molecule has 4 N–H and O–H groups in total. The molecule has 0 aromatic heterocycles. The molecule has 15 heteroatoms. The van der Waals surface area contributed by atoms with Crippen LogP contribution in [-0.4, -0.2) is 48.3 Å². The number of carbonyl (C=O) groups excluding carboxylic acids is 2. The third kappa shape index (κ3) is 46.0. The Balaban J connectivity index is 0.000000573. The van der Waals surface area contributed by atoms with E-state index in [1.807, 2.05) is 118 Å². The van der Waals surface area contributed by atoms with Crippen molar-refractivity contribution >= 4 is 93.0 Å². The van der Waals surface area contributed by atoms with Gasteiger partial charge in [-0.15, -0.1) is 0 Å². The van der Waals surface area contributed by atoms with E-state index in [2.05, 4.69) is 118 Å². The Bertz CT molecular complexity index is 3140. The van der Waals surface area contributed by atoms with E-state index in [9.17, 15) is 19.8 Å². The number of methoxy groups -OCH3 is 1. The molecule has 2 amide bonds. The van der Waals surface area contributed by atoms with E-state index >= 15 is 0 Å². The Hall–Kier alpha value is -4.65. The molecule has 0 bridgehead atoms. The zero-order valence-corrected chi connectivity index (χ0v) is 66.5. The summed E-state index contributed by atoms with van der Waals surface area (Å²) in [6.07, 6.45) is 11.2. The molecule has 98 heavy (non-hydrogen) atoms. The zero-order valence-electron chi connectivity index (χ0n) is 61.2. The van der Waals surface area contributed by atoms with E-state index in [1.54, 1.807) is 55.6 Å². The van der Waals surface area contributed by atoms with Crippen LogP contribution in [0.4, 0.5) is 0 Å². The van der Waals surface area contributed by atoms with Gasteiger partial charge in [-0.05, 0) is 252 Å². The minimum absolute atomic E-state index is 0.0349. The summed E-state index contributed by atoms with van der Waals surface area (Å²) in [5.41, 5.74) is 6.21. The Kier molecular flexibility index (Phi) is 48.8. The standard InChI is InChI=1S/C13H19ClO2.C13H19ClO.C12H16ClNO.C12H17ClO.C12H17Cl.C11H15Cl.C10H12ClNO/c1-10(2)8-9-16-13(15-3)11-4-6-12(14)7-5-11;1-10(2)8-9-13(3,15)11-4-6-12(14)7-5-11;1-9(2)7-8-14-12(15)10-3-5-11(13)6-4-10;1-9(2)3-8-12(14)10-4-6-11(13)7-5-10;1-10(2)4-3-5-11-6-8-12(13)9-7-11;1-9(2)3-4-10-5-7-11(12)8-6-10;1-7(2)12-10(13)8-3-5-9(11)6-4-8/h4-7,10,13H,8-9H2,1-3H3;4-7,10,15H,8-9H2,1-3H3;3-6,9H,7-8H2,1-2H3,(H,14,15);4-7,9,12,14H,3,8H2,1-2H3;6-10H,3-5H2,1-2H3;5-9H,3-4H2,1-2H3;3-7H,1-2H3,(H,12,13). The molecule has 542 valence electrons. The predicted molar refractivity (Wildman–Crippen MR) is 423 cm³/mol. The van der Waals surface area contributed by atoms with Crippen LogP contribution in [-0.2, 0) is 27.9 Å². The van der Waals surface area contributed by atoms with Crippen LogP contribution >= 0.6 is 81.2 Å². The number of aliphatic hydroxyl groups excluding tert-OH is 1. The lowest BCUT2D eigenvalue weighted by atomic mass is 9.89. The van der Waals surface area contributed by atoms with Crippen molar-refractivity contribution in [1.29, 1.82) is 0 Å². The summed E-state index contributed by atoms with van der Waals surface area (Å²) < 4.78 is 11.0. The molecule has 3 atom stereocenters. The third-order valence-electron chi connectivity index (χ3n) is 15.0. The van der Waals surface area contributed by atoms with Crippen molar-refractivity contribution in [1.82, 2.24) is 10.6 Å². The molecule has 0 aliphatic carbocycles.